The fraction of sp³-hybridized carbons (Fsp3) is 0.353. The number of benzene rings is 1. The van der Waals surface area contributed by atoms with E-state index in [4.69, 9.17) is 4.74 Å². The third-order valence-corrected chi connectivity index (χ3v) is 4.47. The first-order valence-corrected chi connectivity index (χ1v) is 8.54. The molecule has 0 unspecified atom stereocenters. The predicted octanol–water partition coefficient (Wildman–Crippen LogP) is 2.53. The molecule has 0 fully saturated rings. The highest BCUT2D eigenvalue weighted by Crippen LogP contribution is 2.18. The lowest BCUT2D eigenvalue weighted by atomic mass is 10.2. The van der Waals surface area contributed by atoms with Crippen LogP contribution in [-0.2, 0) is 17.9 Å². The molecule has 0 aliphatic heterocycles. The van der Waals surface area contributed by atoms with Crippen LogP contribution in [-0.4, -0.2) is 45.5 Å². The average molecular weight is 346 g/mol. The van der Waals surface area contributed by atoms with Crippen molar-refractivity contribution in [2.45, 2.75) is 25.2 Å². The molecule has 2 aromatic rings. The number of rotatable bonds is 8. The molecule has 0 spiro atoms. The molecule has 1 aromatic carbocycles. The molecule has 0 radical (unpaired) electrons. The molecule has 128 valence electrons. The molecular formula is C17H22N4O2S. The number of nitrogens with zero attached hydrogens (tertiary/aromatic N) is 4. The zero-order valence-corrected chi connectivity index (χ0v) is 15.0. The third-order valence-electron chi connectivity index (χ3n) is 3.52. The van der Waals surface area contributed by atoms with Gasteiger partial charge >= 0.3 is 0 Å². The molecule has 1 aromatic heterocycles. The molecule has 6 nitrogen and oxygen atoms in total. The Kier molecular flexibility index (Phi) is 6.43. The van der Waals surface area contributed by atoms with Crippen LogP contribution in [0, 0.1) is 6.92 Å². The summed E-state index contributed by atoms with van der Waals surface area (Å²) in [6, 6.07) is 7.71. The highest BCUT2D eigenvalue weighted by Gasteiger charge is 2.14. The molecule has 0 saturated heterocycles. The summed E-state index contributed by atoms with van der Waals surface area (Å²) in [7, 11) is 3.42. The van der Waals surface area contributed by atoms with Gasteiger partial charge in [0.15, 0.2) is 5.16 Å². The van der Waals surface area contributed by atoms with E-state index < -0.39 is 0 Å². The predicted molar refractivity (Wildman–Crippen MR) is 95.1 cm³/mol. The van der Waals surface area contributed by atoms with Gasteiger partial charge in [0.25, 0.3) is 0 Å². The second kappa shape index (κ2) is 8.54. The number of methoxy groups -OCH3 is 1. The van der Waals surface area contributed by atoms with Crippen molar-refractivity contribution in [1.29, 1.82) is 0 Å². The van der Waals surface area contributed by atoms with E-state index in [-0.39, 0.29) is 5.91 Å². The van der Waals surface area contributed by atoms with Crippen LogP contribution >= 0.6 is 11.8 Å². The van der Waals surface area contributed by atoms with Gasteiger partial charge in [-0.1, -0.05) is 30.0 Å². The Morgan fingerprint density at radius 1 is 1.46 bits per heavy atom. The summed E-state index contributed by atoms with van der Waals surface area (Å²) in [4.78, 5) is 14.0. The van der Waals surface area contributed by atoms with Crippen LogP contribution in [0.3, 0.4) is 0 Å². The maximum atomic E-state index is 12.3. The van der Waals surface area contributed by atoms with Crippen molar-refractivity contribution in [3.63, 3.8) is 0 Å². The van der Waals surface area contributed by atoms with E-state index in [2.05, 4.69) is 16.8 Å². The van der Waals surface area contributed by atoms with Gasteiger partial charge in [0.05, 0.1) is 12.9 Å². The summed E-state index contributed by atoms with van der Waals surface area (Å²) in [5.41, 5.74) is 1.03. The minimum atomic E-state index is 0.0358. The highest BCUT2D eigenvalue weighted by atomic mass is 32.2. The van der Waals surface area contributed by atoms with E-state index in [1.165, 1.54) is 11.8 Å². The molecule has 0 saturated carbocycles. The van der Waals surface area contributed by atoms with Crippen molar-refractivity contribution in [2.24, 2.45) is 0 Å². The van der Waals surface area contributed by atoms with Crippen molar-refractivity contribution in [1.82, 2.24) is 19.7 Å². The van der Waals surface area contributed by atoms with Gasteiger partial charge in [0, 0.05) is 20.1 Å². The number of ether oxygens (including phenoxy) is 1. The largest absolute Gasteiger partial charge is 0.497 e. The van der Waals surface area contributed by atoms with Crippen molar-refractivity contribution in [3.8, 4) is 5.75 Å². The number of aryl methyl sites for hydroxylation is 1. The molecule has 24 heavy (non-hydrogen) atoms. The van der Waals surface area contributed by atoms with Crippen LogP contribution in [0.2, 0.25) is 0 Å². The van der Waals surface area contributed by atoms with Crippen molar-refractivity contribution >= 4 is 17.7 Å². The summed E-state index contributed by atoms with van der Waals surface area (Å²) in [5, 5.41) is 8.90. The lowest BCUT2D eigenvalue weighted by Crippen LogP contribution is -2.27. The molecule has 0 atom stereocenters. The smallest absolute Gasteiger partial charge is 0.233 e. The van der Waals surface area contributed by atoms with Gasteiger partial charge in [-0.25, -0.2) is 0 Å². The third kappa shape index (κ3) is 4.61. The quantitative estimate of drug-likeness (QED) is 0.543. The van der Waals surface area contributed by atoms with Gasteiger partial charge < -0.3 is 14.2 Å². The Morgan fingerprint density at radius 3 is 2.96 bits per heavy atom. The molecule has 1 heterocycles. The number of allylic oxidation sites excluding steroid dienone is 1. The van der Waals surface area contributed by atoms with Gasteiger partial charge in [0.1, 0.15) is 11.6 Å². The maximum absolute atomic E-state index is 12.3. The standard InChI is InChI=1S/C17H22N4O2S/c1-5-9-21-13(2)18-19-17(21)24-12-16(22)20(3)11-14-7-6-8-15(10-14)23-4/h5-8,10H,1,9,11-12H2,2-4H3. The number of hydrogen-bond acceptors (Lipinski definition) is 5. The minimum absolute atomic E-state index is 0.0358. The first kappa shape index (κ1) is 18.1. The van der Waals surface area contributed by atoms with E-state index in [0.717, 1.165) is 22.3 Å². The van der Waals surface area contributed by atoms with Crippen molar-refractivity contribution in [3.05, 3.63) is 48.3 Å². The van der Waals surface area contributed by atoms with Crippen LogP contribution < -0.4 is 4.74 Å². The van der Waals surface area contributed by atoms with Gasteiger partial charge in [-0.05, 0) is 24.6 Å². The summed E-state index contributed by atoms with van der Waals surface area (Å²) in [5.74, 6) is 1.95. The van der Waals surface area contributed by atoms with Crippen LogP contribution in [0.15, 0.2) is 42.1 Å². The van der Waals surface area contributed by atoms with Crippen LogP contribution in [0.1, 0.15) is 11.4 Å². The molecule has 0 aliphatic rings. The van der Waals surface area contributed by atoms with Gasteiger partial charge in [0.2, 0.25) is 5.91 Å². The minimum Gasteiger partial charge on any atom is -0.497 e. The SMILES string of the molecule is C=CCn1c(C)nnc1SCC(=O)N(C)Cc1cccc(OC)c1. The second-order valence-electron chi connectivity index (χ2n) is 5.32. The average Bonchev–Trinajstić information content (AvgIpc) is 2.93. The molecule has 0 aliphatic carbocycles. The van der Waals surface area contributed by atoms with E-state index >= 15 is 0 Å². The lowest BCUT2D eigenvalue weighted by molar-refractivity contribution is -0.127. The number of hydrogen-bond donors (Lipinski definition) is 0. The zero-order valence-electron chi connectivity index (χ0n) is 14.2. The fourth-order valence-electron chi connectivity index (χ4n) is 2.18. The van der Waals surface area contributed by atoms with Crippen LogP contribution in [0.5, 0.6) is 5.75 Å². The normalized spacial score (nSPS) is 10.5. The highest BCUT2D eigenvalue weighted by molar-refractivity contribution is 7.99. The van der Waals surface area contributed by atoms with Crippen LogP contribution in [0.4, 0.5) is 0 Å². The number of thioether (sulfide) groups is 1. The molecule has 0 N–H and O–H groups in total. The molecule has 1 amide bonds. The summed E-state index contributed by atoms with van der Waals surface area (Å²) in [6.45, 7) is 6.79. The summed E-state index contributed by atoms with van der Waals surface area (Å²) < 4.78 is 7.14. The van der Waals surface area contributed by atoms with E-state index in [0.29, 0.717) is 18.8 Å². The Hall–Kier alpha value is -2.28. The monoisotopic (exact) mass is 346 g/mol. The molecular weight excluding hydrogens is 324 g/mol. The molecule has 2 rings (SSSR count). The fourth-order valence-corrected chi connectivity index (χ4v) is 3.11. The maximum Gasteiger partial charge on any atom is 0.233 e. The van der Waals surface area contributed by atoms with Crippen molar-refractivity contribution < 1.29 is 9.53 Å². The number of carbonyl (C=O) groups excluding carboxylic acids is 1. The van der Waals surface area contributed by atoms with Crippen molar-refractivity contribution in [2.75, 3.05) is 19.9 Å². The Balaban J connectivity index is 1.93. The summed E-state index contributed by atoms with van der Waals surface area (Å²) >= 11 is 1.39. The van der Waals surface area contributed by atoms with E-state index in [9.17, 15) is 4.79 Å². The van der Waals surface area contributed by atoms with Gasteiger partial charge in [-0.2, -0.15) is 0 Å². The number of amides is 1. The van der Waals surface area contributed by atoms with Gasteiger partial charge in [-0.15, -0.1) is 16.8 Å². The first-order valence-electron chi connectivity index (χ1n) is 7.55. The first-order chi connectivity index (χ1) is 11.5. The zero-order chi connectivity index (χ0) is 17.5. The molecule has 0 bridgehead atoms. The lowest BCUT2D eigenvalue weighted by Gasteiger charge is -2.17. The topological polar surface area (TPSA) is 60.2 Å². The van der Waals surface area contributed by atoms with E-state index in [1.807, 2.05) is 35.8 Å². The molecule has 7 heteroatoms. The Bertz CT molecular complexity index is 714. The Morgan fingerprint density at radius 2 is 2.25 bits per heavy atom. The van der Waals surface area contributed by atoms with E-state index in [1.54, 1.807) is 25.1 Å². The second-order valence-corrected chi connectivity index (χ2v) is 6.26. The Labute approximate surface area is 146 Å². The number of carbonyl (C=O) groups is 1. The number of aromatic nitrogens is 3. The van der Waals surface area contributed by atoms with Crippen LogP contribution in [0.25, 0.3) is 0 Å². The summed E-state index contributed by atoms with van der Waals surface area (Å²) in [6.07, 6.45) is 1.79. The van der Waals surface area contributed by atoms with Gasteiger partial charge in [-0.3, -0.25) is 4.79 Å².